The van der Waals surface area contributed by atoms with Gasteiger partial charge >= 0.3 is 0 Å². The fourth-order valence-electron chi connectivity index (χ4n) is 3.65. The van der Waals surface area contributed by atoms with Gasteiger partial charge in [-0.05, 0) is 30.4 Å². The van der Waals surface area contributed by atoms with Crippen LogP contribution in [0.25, 0.3) is 10.9 Å². The molecule has 1 aliphatic carbocycles. The highest BCUT2D eigenvalue weighted by molar-refractivity contribution is 5.85. The third-order valence-corrected chi connectivity index (χ3v) is 5.54. The van der Waals surface area contributed by atoms with E-state index in [0.29, 0.717) is 22.7 Å². The SMILES string of the molecule is C[C@@H]1[C@H](C)CCC[C@H]1NC(=O)CNC(=O)Cn1cnc2ccccc2c1=O. The molecule has 0 saturated heterocycles. The third-order valence-electron chi connectivity index (χ3n) is 5.54. The summed E-state index contributed by atoms with van der Waals surface area (Å²) in [5.41, 5.74) is 0.319. The van der Waals surface area contributed by atoms with Gasteiger partial charge in [0.15, 0.2) is 0 Å². The van der Waals surface area contributed by atoms with Crippen LogP contribution >= 0.6 is 0 Å². The highest BCUT2D eigenvalue weighted by Crippen LogP contribution is 2.29. The van der Waals surface area contributed by atoms with Gasteiger partial charge in [0.1, 0.15) is 6.54 Å². The molecule has 0 spiro atoms. The Kier molecular flexibility index (Phi) is 5.88. The van der Waals surface area contributed by atoms with Crippen molar-refractivity contribution in [1.29, 1.82) is 0 Å². The van der Waals surface area contributed by atoms with Crippen LogP contribution in [0.15, 0.2) is 35.4 Å². The maximum atomic E-state index is 12.4. The smallest absolute Gasteiger partial charge is 0.261 e. The largest absolute Gasteiger partial charge is 0.352 e. The molecule has 0 bridgehead atoms. The van der Waals surface area contributed by atoms with Gasteiger partial charge in [0.25, 0.3) is 5.56 Å². The number of rotatable bonds is 5. The number of carbonyl (C=O) groups excluding carboxylic acids is 2. The number of aromatic nitrogens is 2. The van der Waals surface area contributed by atoms with Crippen molar-refractivity contribution in [3.63, 3.8) is 0 Å². The van der Waals surface area contributed by atoms with E-state index in [2.05, 4.69) is 29.5 Å². The number of benzene rings is 1. The molecule has 3 rings (SSSR count). The maximum Gasteiger partial charge on any atom is 0.261 e. The number of fused-ring (bicyclic) bond motifs is 1. The number of hydrogen-bond acceptors (Lipinski definition) is 4. The Morgan fingerprint density at radius 1 is 1.19 bits per heavy atom. The first-order chi connectivity index (χ1) is 13.0. The summed E-state index contributed by atoms with van der Waals surface area (Å²) in [7, 11) is 0. The van der Waals surface area contributed by atoms with Gasteiger partial charge in [-0.3, -0.25) is 19.0 Å². The lowest BCUT2D eigenvalue weighted by atomic mass is 9.78. The topological polar surface area (TPSA) is 93.1 Å². The van der Waals surface area contributed by atoms with Gasteiger partial charge in [-0.15, -0.1) is 0 Å². The van der Waals surface area contributed by atoms with Gasteiger partial charge in [0.05, 0.1) is 23.8 Å². The molecular weight excluding hydrogens is 344 g/mol. The van der Waals surface area contributed by atoms with E-state index in [1.54, 1.807) is 24.3 Å². The van der Waals surface area contributed by atoms with Crippen LogP contribution < -0.4 is 16.2 Å². The van der Waals surface area contributed by atoms with Gasteiger partial charge in [0, 0.05) is 6.04 Å². The highest BCUT2D eigenvalue weighted by Gasteiger charge is 2.28. The van der Waals surface area contributed by atoms with Gasteiger partial charge < -0.3 is 10.6 Å². The van der Waals surface area contributed by atoms with Crippen LogP contribution in [0.3, 0.4) is 0 Å². The summed E-state index contributed by atoms with van der Waals surface area (Å²) in [5, 5.41) is 6.07. The predicted octanol–water partition coefficient (Wildman–Crippen LogP) is 1.45. The Morgan fingerprint density at radius 2 is 1.96 bits per heavy atom. The summed E-state index contributed by atoms with van der Waals surface area (Å²) in [6, 6.07) is 7.15. The van der Waals surface area contributed by atoms with Gasteiger partial charge in [0.2, 0.25) is 11.8 Å². The number of carbonyl (C=O) groups is 2. The molecule has 1 aromatic heterocycles. The second-order valence-corrected chi connectivity index (χ2v) is 7.41. The summed E-state index contributed by atoms with van der Waals surface area (Å²) < 4.78 is 1.25. The molecule has 3 atom stereocenters. The average molecular weight is 370 g/mol. The molecule has 2 aromatic rings. The van der Waals surface area contributed by atoms with Crippen LogP contribution in [0, 0.1) is 11.8 Å². The molecule has 1 aliphatic rings. The lowest BCUT2D eigenvalue weighted by Crippen LogP contribution is -2.47. The molecule has 0 aliphatic heterocycles. The summed E-state index contributed by atoms with van der Waals surface area (Å²) in [6.07, 6.45) is 4.64. The van der Waals surface area contributed by atoms with Crippen molar-refractivity contribution < 1.29 is 9.59 Å². The molecule has 1 aromatic carbocycles. The molecule has 144 valence electrons. The Hall–Kier alpha value is -2.70. The van der Waals surface area contributed by atoms with Crippen LogP contribution in [-0.2, 0) is 16.1 Å². The van der Waals surface area contributed by atoms with Crippen molar-refractivity contribution in [3.8, 4) is 0 Å². The normalized spacial score (nSPS) is 22.4. The zero-order valence-corrected chi connectivity index (χ0v) is 15.8. The van der Waals surface area contributed by atoms with Gasteiger partial charge in [-0.1, -0.05) is 38.8 Å². The average Bonchev–Trinajstić information content (AvgIpc) is 2.66. The molecule has 2 amide bonds. The minimum absolute atomic E-state index is 0.0911. The minimum Gasteiger partial charge on any atom is -0.352 e. The lowest BCUT2D eigenvalue weighted by Gasteiger charge is -2.34. The number of para-hydroxylation sites is 1. The Labute approximate surface area is 158 Å². The Morgan fingerprint density at radius 3 is 2.78 bits per heavy atom. The molecule has 7 nitrogen and oxygen atoms in total. The zero-order valence-electron chi connectivity index (χ0n) is 15.8. The number of nitrogens with zero attached hydrogens (tertiary/aromatic N) is 2. The van der Waals surface area contributed by atoms with E-state index in [4.69, 9.17) is 0 Å². The monoisotopic (exact) mass is 370 g/mol. The summed E-state index contributed by atoms with van der Waals surface area (Å²) in [4.78, 5) is 40.9. The van der Waals surface area contributed by atoms with Crippen LogP contribution in [0.1, 0.15) is 33.1 Å². The van der Waals surface area contributed by atoms with Crippen LogP contribution in [0.2, 0.25) is 0 Å². The Bertz CT molecular complexity index is 892. The second-order valence-electron chi connectivity index (χ2n) is 7.41. The third kappa shape index (κ3) is 4.53. The van der Waals surface area contributed by atoms with Crippen molar-refractivity contribution in [2.75, 3.05) is 6.54 Å². The molecule has 1 saturated carbocycles. The molecule has 0 radical (unpaired) electrons. The van der Waals surface area contributed by atoms with Crippen molar-refractivity contribution >= 4 is 22.7 Å². The first-order valence-electron chi connectivity index (χ1n) is 9.46. The molecule has 0 unspecified atom stereocenters. The van der Waals surface area contributed by atoms with Crippen LogP contribution in [0.5, 0.6) is 0 Å². The Balaban J connectivity index is 1.53. The fourth-order valence-corrected chi connectivity index (χ4v) is 3.65. The zero-order chi connectivity index (χ0) is 19.4. The van der Waals surface area contributed by atoms with E-state index in [-0.39, 0.29) is 30.6 Å². The van der Waals surface area contributed by atoms with E-state index >= 15 is 0 Å². The molecule has 7 heteroatoms. The van der Waals surface area contributed by atoms with Crippen molar-refractivity contribution in [1.82, 2.24) is 20.2 Å². The molecular formula is C20H26N4O3. The first kappa shape index (κ1) is 19.1. The van der Waals surface area contributed by atoms with Crippen LogP contribution in [-0.4, -0.2) is 34.0 Å². The summed E-state index contributed by atoms with van der Waals surface area (Å²) >= 11 is 0. The molecule has 2 N–H and O–H groups in total. The van der Waals surface area contributed by atoms with Crippen LogP contribution in [0.4, 0.5) is 0 Å². The van der Waals surface area contributed by atoms with Crippen molar-refractivity contribution in [2.45, 2.75) is 45.7 Å². The van der Waals surface area contributed by atoms with Gasteiger partial charge in [-0.2, -0.15) is 0 Å². The van der Waals surface area contributed by atoms with E-state index in [1.165, 1.54) is 17.3 Å². The summed E-state index contributed by atoms with van der Waals surface area (Å²) in [6.45, 7) is 4.11. The standard InChI is InChI=1S/C20H26N4O3/c1-13-6-5-9-16(14(13)2)23-18(25)10-21-19(26)11-24-12-22-17-8-4-3-7-15(17)20(24)27/h3-4,7-8,12-14,16H,5-6,9-11H2,1-2H3,(H,21,26)(H,23,25)/t13-,14-,16-/m1/s1. The second kappa shape index (κ2) is 8.33. The lowest BCUT2D eigenvalue weighted by molar-refractivity contribution is -0.127. The first-order valence-corrected chi connectivity index (χ1v) is 9.46. The molecule has 1 heterocycles. The van der Waals surface area contributed by atoms with Crippen molar-refractivity contribution in [3.05, 3.63) is 40.9 Å². The van der Waals surface area contributed by atoms with E-state index < -0.39 is 5.91 Å². The number of hydrogen-bond donors (Lipinski definition) is 2. The van der Waals surface area contributed by atoms with Gasteiger partial charge in [-0.25, -0.2) is 4.98 Å². The number of amides is 2. The highest BCUT2D eigenvalue weighted by atomic mass is 16.2. The maximum absolute atomic E-state index is 12.4. The van der Waals surface area contributed by atoms with E-state index in [0.717, 1.165) is 12.8 Å². The number of nitrogens with one attached hydrogen (secondary N) is 2. The molecule has 1 fully saturated rings. The quantitative estimate of drug-likeness (QED) is 0.833. The van der Waals surface area contributed by atoms with E-state index in [9.17, 15) is 14.4 Å². The molecule has 27 heavy (non-hydrogen) atoms. The minimum atomic E-state index is -0.394. The predicted molar refractivity (Wildman–Crippen MR) is 103 cm³/mol. The summed E-state index contributed by atoms with van der Waals surface area (Å²) in [5.74, 6) is 0.430. The van der Waals surface area contributed by atoms with Crippen molar-refractivity contribution in [2.24, 2.45) is 11.8 Å². The van der Waals surface area contributed by atoms with E-state index in [1.807, 2.05) is 0 Å². The fraction of sp³-hybridized carbons (Fsp3) is 0.500.